The standard InChI is InChI=1S/C14H14BrClO3/c1-13(2)11(17)14(3,15)10(19-12(13)18)8-4-6-9(16)7-5-8/h4-7,10H,1-3H3/t10-,14+/m0/s1. The Balaban J connectivity index is 2.45. The summed E-state index contributed by atoms with van der Waals surface area (Å²) in [4.78, 5) is 24.4. The van der Waals surface area contributed by atoms with Crippen LogP contribution in [0, 0.1) is 5.41 Å². The molecule has 3 nitrogen and oxygen atoms in total. The van der Waals surface area contributed by atoms with E-state index in [2.05, 4.69) is 15.9 Å². The summed E-state index contributed by atoms with van der Waals surface area (Å²) in [5.41, 5.74) is -0.401. The number of hydrogen-bond acceptors (Lipinski definition) is 3. The molecule has 1 aliphatic heterocycles. The molecule has 5 heteroatoms. The van der Waals surface area contributed by atoms with Crippen LogP contribution in [0.15, 0.2) is 24.3 Å². The Morgan fingerprint density at radius 1 is 1.16 bits per heavy atom. The first-order valence-electron chi connectivity index (χ1n) is 5.87. The Morgan fingerprint density at radius 2 is 1.68 bits per heavy atom. The van der Waals surface area contributed by atoms with Crippen molar-refractivity contribution in [1.82, 2.24) is 0 Å². The molecule has 1 aliphatic rings. The predicted molar refractivity (Wildman–Crippen MR) is 76.4 cm³/mol. The van der Waals surface area contributed by atoms with Crippen LogP contribution in [0.4, 0.5) is 0 Å². The first kappa shape index (κ1) is 14.5. The van der Waals surface area contributed by atoms with E-state index >= 15 is 0 Å². The van der Waals surface area contributed by atoms with Crippen LogP contribution in [-0.4, -0.2) is 16.1 Å². The van der Waals surface area contributed by atoms with Crippen LogP contribution < -0.4 is 0 Å². The Kier molecular flexibility index (Phi) is 3.52. The molecule has 0 bridgehead atoms. The molecule has 0 saturated carbocycles. The van der Waals surface area contributed by atoms with Crippen molar-refractivity contribution in [2.24, 2.45) is 5.41 Å². The largest absolute Gasteiger partial charge is 0.455 e. The van der Waals surface area contributed by atoms with Crippen molar-refractivity contribution in [3.8, 4) is 0 Å². The second-order valence-corrected chi connectivity index (χ2v) is 7.45. The van der Waals surface area contributed by atoms with E-state index in [4.69, 9.17) is 16.3 Å². The lowest BCUT2D eigenvalue weighted by atomic mass is 9.76. The maximum absolute atomic E-state index is 12.5. The van der Waals surface area contributed by atoms with E-state index in [1.807, 2.05) is 0 Å². The molecule has 0 aliphatic carbocycles. The molecule has 1 fully saturated rings. The summed E-state index contributed by atoms with van der Waals surface area (Å²) in [6, 6.07) is 6.92. The zero-order valence-corrected chi connectivity index (χ0v) is 13.2. The number of Topliss-reactive ketones (excluding diaryl/α,β-unsaturated/α-hetero) is 1. The second-order valence-electron chi connectivity index (χ2n) is 5.37. The van der Waals surface area contributed by atoms with Crippen molar-refractivity contribution in [3.05, 3.63) is 34.9 Å². The predicted octanol–water partition coefficient (Wildman–Crippen LogP) is 3.69. The number of alkyl halides is 1. The Bertz CT molecular complexity index is 534. The fraction of sp³-hybridized carbons (Fsp3) is 0.429. The lowest BCUT2D eigenvalue weighted by Crippen LogP contribution is -2.54. The van der Waals surface area contributed by atoms with Gasteiger partial charge in [-0.3, -0.25) is 9.59 Å². The third kappa shape index (κ3) is 2.32. The minimum atomic E-state index is -1.14. The van der Waals surface area contributed by atoms with E-state index in [9.17, 15) is 9.59 Å². The highest BCUT2D eigenvalue weighted by Gasteiger charge is 2.57. The third-order valence-electron chi connectivity index (χ3n) is 3.41. The normalized spacial score (nSPS) is 30.1. The highest BCUT2D eigenvalue weighted by atomic mass is 79.9. The minimum absolute atomic E-state index is 0.184. The molecule has 0 unspecified atom stereocenters. The first-order valence-corrected chi connectivity index (χ1v) is 7.05. The van der Waals surface area contributed by atoms with Crippen LogP contribution in [0.1, 0.15) is 32.4 Å². The second kappa shape index (κ2) is 4.60. The number of cyclic esters (lactones) is 1. The zero-order chi connectivity index (χ0) is 14.4. The van der Waals surface area contributed by atoms with Gasteiger partial charge < -0.3 is 4.74 Å². The van der Waals surface area contributed by atoms with Gasteiger partial charge in [0.2, 0.25) is 0 Å². The Hall–Kier alpha value is -0.870. The number of hydrogen-bond donors (Lipinski definition) is 0. The van der Waals surface area contributed by atoms with Crippen molar-refractivity contribution < 1.29 is 14.3 Å². The summed E-state index contributed by atoms with van der Waals surface area (Å²) in [6.07, 6.45) is -0.655. The van der Waals surface area contributed by atoms with E-state index in [1.54, 1.807) is 45.0 Å². The van der Waals surface area contributed by atoms with E-state index < -0.39 is 21.8 Å². The lowest BCUT2D eigenvalue weighted by molar-refractivity contribution is -0.175. The zero-order valence-electron chi connectivity index (χ0n) is 10.9. The Morgan fingerprint density at radius 3 is 2.21 bits per heavy atom. The summed E-state index contributed by atoms with van der Waals surface area (Å²) in [5.74, 6) is -0.689. The molecule has 19 heavy (non-hydrogen) atoms. The molecule has 1 heterocycles. The number of esters is 1. The van der Waals surface area contributed by atoms with Gasteiger partial charge in [-0.25, -0.2) is 0 Å². The van der Waals surface area contributed by atoms with E-state index in [0.29, 0.717) is 5.02 Å². The maximum atomic E-state index is 12.5. The molecular weight excluding hydrogens is 332 g/mol. The molecule has 2 rings (SSSR count). The molecule has 0 radical (unpaired) electrons. The summed E-state index contributed by atoms with van der Waals surface area (Å²) < 4.78 is 4.52. The van der Waals surface area contributed by atoms with E-state index in [0.717, 1.165) is 5.56 Å². The third-order valence-corrected chi connectivity index (χ3v) is 4.44. The number of benzene rings is 1. The van der Waals surface area contributed by atoms with Gasteiger partial charge in [-0.05, 0) is 38.5 Å². The number of ketones is 1. The van der Waals surface area contributed by atoms with Gasteiger partial charge in [-0.1, -0.05) is 39.7 Å². The first-order chi connectivity index (χ1) is 8.67. The number of carbonyl (C=O) groups excluding carboxylic acids is 2. The molecule has 1 saturated heterocycles. The molecule has 1 aromatic rings. The number of ether oxygens (including phenoxy) is 1. The van der Waals surface area contributed by atoms with Crippen molar-refractivity contribution >= 4 is 39.3 Å². The molecule has 0 aromatic heterocycles. The topological polar surface area (TPSA) is 43.4 Å². The van der Waals surface area contributed by atoms with Gasteiger partial charge in [0.15, 0.2) is 5.78 Å². The lowest BCUT2D eigenvalue weighted by Gasteiger charge is -2.41. The van der Waals surface area contributed by atoms with Crippen molar-refractivity contribution in [2.45, 2.75) is 31.2 Å². The highest BCUT2D eigenvalue weighted by Crippen LogP contribution is 2.47. The van der Waals surface area contributed by atoms with Crippen LogP contribution in [0.25, 0.3) is 0 Å². The van der Waals surface area contributed by atoms with E-state index in [1.165, 1.54) is 0 Å². The quantitative estimate of drug-likeness (QED) is 0.443. The van der Waals surface area contributed by atoms with Crippen LogP contribution in [0.2, 0.25) is 5.02 Å². The summed E-state index contributed by atoms with van der Waals surface area (Å²) in [7, 11) is 0. The molecule has 102 valence electrons. The van der Waals surface area contributed by atoms with Gasteiger partial charge in [-0.15, -0.1) is 0 Å². The summed E-state index contributed by atoms with van der Waals surface area (Å²) in [5, 5.41) is 0.591. The number of halogens is 2. The fourth-order valence-corrected chi connectivity index (χ4v) is 3.19. The molecule has 1 aromatic carbocycles. The average Bonchev–Trinajstić information content (AvgIpc) is 2.34. The van der Waals surface area contributed by atoms with Gasteiger partial charge in [0, 0.05) is 5.02 Å². The van der Waals surface area contributed by atoms with Crippen LogP contribution in [0.3, 0.4) is 0 Å². The summed E-state index contributed by atoms with van der Waals surface area (Å²) >= 11 is 9.26. The Labute approximate surface area is 125 Å². The van der Waals surface area contributed by atoms with Gasteiger partial charge >= 0.3 is 5.97 Å². The van der Waals surface area contributed by atoms with E-state index in [-0.39, 0.29) is 5.78 Å². The molecule has 0 amide bonds. The number of rotatable bonds is 1. The van der Waals surface area contributed by atoms with Gasteiger partial charge in [0.05, 0.1) is 0 Å². The van der Waals surface area contributed by atoms with Crippen molar-refractivity contribution in [3.63, 3.8) is 0 Å². The van der Waals surface area contributed by atoms with Crippen LogP contribution >= 0.6 is 27.5 Å². The van der Waals surface area contributed by atoms with Gasteiger partial charge in [0.25, 0.3) is 0 Å². The van der Waals surface area contributed by atoms with Gasteiger partial charge in [-0.2, -0.15) is 0 Å². The smallest absolute Gasteiger partial charge is 0.319 e. The average molecular weight is 346 g/mol. The highest BCUT2D eigenvalue weighted by molar-refractivity contribution is 9.10. The molecular formula is C14H14BrClO3. The van der Waals surface area contributed by atoms with Gasteiger partial charge in [0.1, 0.15) is 15.8 Å². The molecule has 0 spiro atoms. The van der Waals surface area contributed by atoms with Crippen molar-refractivity contribution in [2.75, 3.05) is 0 Å². The minimum Gasteiger partial charge on any atom is -0.455 e. The maximum Gasteiger partial charge on any atom is 0.319 e. The monoisotopic (exact) mass is 344 g/mol. The summed E-state index contributed by atoms with van der Waals surface area (Å²) in [6.45, 7) is 4.88. The van der Waals surface area contributed by atoms with Crippen LogP contribution in [0.5, 0.6) is 0 Å². The van der Waals surface area contributed by atoms with Crippen molar-refractivity contribution in [1.29, 1.82) is 0 Å². The van der Waals surface area contributed by atoms with Crippen LogP contribution in [-0.2, 0) is 14.3 Å². The molecule has 2 atom stereocenters. The SMILES string of the molecule is CC1(C)C(=O)O[C@@H](c2ccc(Cl)cc2)[C@@](C)(Br)C1=O. The molecule has 0 N–H and O–H groups in total. The number of carbonyl (C=O) groups is 2. The fourth-order valence-electron chi connectivity index (χ4n) is 2.21.